The second-order valence-electron chi connectivity index (χ2n) is 4.16. The Morgan fingerprint density at radius 3 is 2.92 bits per heavy atom. The van der Waals surface area contributed by atoms with E-state index in [1.807, 2.05) is 6.92 Å². The minimum atomic E-state index is 0.0292. The van der Waals surface area contributed by atoms with Crippen molar-refractivity contribution >= 4 is 5.97 Å². The molecule has 3 heteroatoms. The summed E-state index contributed by atoms with van der Waals surface area (Å²) in [6.45, 7) is 4.41. The molecule has 3 nitrogen and oxygen atoms in total. The molecule has 0 amide bonds. The van der Waals surface area contributed by atoms with E-state index in [9.17, 15) is 4.79 Å². The molecular weight excluding hydrogens is 166 g/mol. The summed E-state index contributed by atoms with van der Waals surface area (Å²) in [6, 6.07) is 0. The molecule has 2 rings (SSSR count). The van der Waals surface area contributed by atoms with Crippen LogP contribution in [0.25, 0.3) is 0 Å². The Hall–Kier alpha value is -0.570. The van der Waals surface area contributed by atoms with Gasteiger partial charge in [-0.05, 0) is 19.8 Å². The van der Waals surface area contributed by atoms with E-state index in [1.54, 1.807) is 0 Å². The molecule has 0 aromatic heterocycles. The van der Waals surface area contributed by atoms with E-state index in [1.165, 1.54) is 12.8 Å². The summed E-state index contributed by atoms with van der Waals surface area (Å²) in [6.07, 6.45) is 3.41. The molecule has 1 spiro atoms. The van der Waals surface area contributed by atoms with Crippen molar-refractivity contribution in [1.29, 1.82) is 0 Å². The summed E-state index contributed by atoms with van der Waals surface area (Å²) in [5.74, 6) is 0.204. The van der Waals surface area contributed by atoms with Gasteiger partial charge < -0.3 is 10.1 Å². The Kier molecular flexibility index (Phi) is 2.28. The van der Waals surface area contributed by atoms with Crippen molar-refractivity contribution in [2.45, 2.75) is 26.2 Å². The maximum Gasteiger partial charge on any atom is 0.309 e. The molecular formula is C10H17NO2. The van der Waals surface area contributed by atoms with Crippen molar-refractivity contribution in [2.75, 3.05) is 19.7 Å². The fraction of sp³-hybridized carbons (Fsp3) is 0.900. The van der Waals surface area contributed by atoms with E-state index in [2.05, 4.69) is 5.32 Å². The van der Waals surface area contributed by atoms with Gasteiger partial charge in [-0.3, -0.25) is 4.79 Å². The third-order valence-corrected chi connectivity index (χ3v) is 3.43. The zero-order valence-electron chi connectivity index (χ0n) is 8.14. The van der Waals surface area contributed by atoms with E-state index in [-0.39, 0.29) is 17.3 Å². The van der Waals surface area contributed by atoms with Crippen molar-refractivity contribution in [3.8, 4) is 0 Å². The van der Waals surface area contributed by atoms with E-state index in [0.29, 0.717) is 6.61 Å². The Morgan fingerprint density at radius 2 is 2.38 bits per heavy atom. The number of ether oxygens (including phenoxy) is 1. The van der Waals surface area contributed by atoms with Gasteiger partial charge in [0.2, 0.25) is 0 Å². The predicted molar refractivity (Wildman–Crippen MR) is 49.3 cm³/mol. The molecule has 1 saturated carbocycles. The standard InChI is InChI=1S/C10H17NO2/c1-2-13-9(12)8-4-3-5-10(8)6-11-7-10/h8,11H,2-7H2,1H3. The van der Waals surface area contributed by atoms with Gasteiger partial charge in [0.1, 0.15) is 0 Å². The van der Waals surface area contributed by atoms with Gasteiger partial charge in [-0.15, -0.1) is 0 Å². The van der Waals surface area contributed by atoms with Gasteiger partial charge in [-0.1, -0.05) is 6.42 Å². The molecule has 1 N–H and O–H groups in total. The normalized spacial score (nSPS) is 30.1. The molecule has 74 valence electrons. The lowest BCUT2D eigenvalue weighted by atomic mass is 9.73. The molecule has 13 heavy (non-hydrogen) atoms. The molecule has 2 fully saturated rings. The van der Waals surface area contributed by atoms with Crippen LogP contribution < -0.4 is 5.32 Å². The van der Waals surface area contributed by atoms with Crippen LogP contribution >= 0.6 is 0 Å². The van der Waals surface area contributed by atoms with Crippen molar-refractivity contribution in [3.63, 3.8) is 0 Å². The summed E-state index contributed by atoms with van der Waals surface area (Å²) < 4.78 is 5.09. The number of hydrogen-bond acceptors (Lipinski definition) is 3. The Bertz CT molecular complexity index is 211. The minimum absolute atomic E-state index is 0.0292. The molecule has 1 unspecified atom stereocenters. The van der Waals surface area contributed by atoms with Crippen molar-refractivity contribution < 1.29 is 9.53 Å². The monoisotopic (exact) mass is 183 g/mol. The highest BCUT2D eigenvalue weighted by Gasteiger charge is 2.51. The molecule has 1 aliphatic heterocycles. The number of carbonyl (C=O) groups excluding carboxylic acids is 1. The molecule has 0 aromatic carbocycles. The third kappa shape index (κ3) is 1.35. The molecule has 0 bridgehead atoms. The SMILES string of the molecule is CCOC(=O)C1CCCC12CNC2. The van der Waals surface area contributed by atoms with Crippen molar-refractivity contribution in [2.24, 2.45) is 11.3 Å². The first-order valence-corrected chi connectivity index (χ1v) is 5.16. The number of hydrogen-bond donors (Lipinski definition) is 1. The van der Waals surface area contributed by atoms with Gasteiger partial charge >= 0.3 is 5.97 Å². The minimum Gasteiger partial charge on any atom is -0.466 e. The lowest BCUT2D eigenvalue weighted by Gasteiger charge is -2.43. The molecule has 1 atom stereocenters. The van der Waals surface area contributed by atoms with Crippen LogP contribution in [0.1, 0.15) is 26.2 Å². The third-order valence-electron chi connectivity index (χ3n) is 3.43. The van der Waals surface area contributed by atoms with Crippen LogP contribution in [0.2, 0.25) is 0 Å². The highest BCUT2D eigenvalue weighted by molar-refractivity contribution is 5.74. The summed E-state index contributed by atoms with van der Waals surface area (Å²) in [7, 11) is 0. The van der Waals surface area contributed by atoms with Crippen LogP contribution in [0.3, 0.4) is 0 Å². The van der Waals surface area contributed by atoms with Gasteiger partial charge in [0.15, 0.2) is 0 Å². The van der Waals surface area contributed by atoms with Gasteiger partial charge in [0.25, 0.3) is 0 Å². The van der Waals surface area contributed by atoms with Gasteiger partial charge in [0.05, 0.1) is 12.5 Å². The zero-order chi connectivity index (χ0) is 9.31. The maximum absolute atomic E-state index is 11.6. The largest absolute Gasteiger partial charge is 0.466 e. The number of esters is 1. The van der Waals surface area contributed by atoms with Crippen LogP contribution in [0.5, 0.6) is 0 Å². The first-order valence-electron chi connectivity index (χ1n) is 5.16. The number of rotatable bonds is 2. The lowest BCUT2D eigenvalue weighted by Crippen LogP contribution is -2.57. The maximum atomic E-state index is 11.6. The average Bonchev–Trinajstić information content (AvgIpc) is 2.46. The molecule has 0 aromatic rings. The Morgan fingerprint density at radius 1 is 1.62 bits per heavy atom. The van der Waals surface area contributed by atoms with Gasteiger partial charge in [-0.25, -0.2) is 0 Å². The molecule has 1 aliphatic carbocycles. The highest BCUT2D eigenvalue weighted by Crippen LogP contribution is 2.46. The summed E-state index contributed by atoms with van der Waals surface area (Å²) >= 11 is 0. The Labute approximate surface area is 78.8 Å². The molecule has 0 radical (unpaired) electrons. The number of carbonyl (C=O) groups is 1. The van der Waals surface area contributed by atoms with E-state index >= 15 is 0 Å². The van der Waals surface area contributed by atoms with E-state index in [0.717, 1.165) is 19.5 Å². The first kappa shape index (κ1) is 9.00. The van der Waals surface area contributed by atoms with E-state index in [4.69, 9.17) is 4.74 Å². The van der Waals surface area contributed by atoms with Crippen LogP contribution in [0.15, 0.2) is 0 Å². The van der Waals surface area contributed by atoms with Crippen LogP contribution in [-0.2, 0) is 9.53 Å². The molecule has 1 heterocycles. The summed E-state index contributed by atoms with van der Waals surface area (Å²) in [5.41, 5.74) is 0.270. The van der Waals surface area contributed by atoms with Crippen LogP contribution in [0.4, 0.5) is 0 Å². The van der Waals surface area contributed by atoms with Crippen LogP contribution in [-0.4, -0.2) is 25.7 Å². The molecule has 1 saturated heterocycles. The average molecular weight is 183 g/mol. The fourth-order valence-corrected chi connectivity index (χ4v) is 2.62. The quantitative estimate of drug-likeness (QED) is 0.647. The molecule has 2 aliphatic rings. The van der Waals surface area contributed by atoms with Crippen LogP contribution in [0, 0.1) is 11.3 Å². The Balaban J connectivity index is 2.01. The second-order valence-corrected chi connectivity index (χ2v) is 4.16. The topological polar surface area (TPSA) is 38.3 Å². The summed E-state index contributed by atoms with van der Waals surface area (Å²) in [4.78, 5) is 11.6. The highest BCUT2D eigenvalue weighted by atomic mass is 16.5. The van der Waals surface area contributed by atoms with Crippen molar-refractivity contribution in [3.05, 3.63) is 0 Å². The smallest absolute Gasteiger partial charge is 0.309 e. The number of nitrogens with one attached hydrogen (secondary N) is 1. The second kappa shape index (κ2) is 3.29. The van der Waals surface area contributed by atoms with E-state index < -0.39 is 0 Å². The van der Waals surface area contributed by atoms with Gasteiger partial charge in [-0.2, -0.15) is 0 Å². The van der Waals surface area contributed by atoms with Gasteiger partial charge in [0, 0.05) is 18.5 Å². The zero-order valence-corrected chi connectivity index (χ0v) is 8.14. The summed E-state index contributed by atoms with van der Waals surface area (Å²) in [5, 5.41) is 3.26. The first-order chi connectivity index (χ1) is 6.28. The lowest BCUT2D eigenvalue weighted by molar-refractivity contribution is -0.153. The van der Waals surface area contributed by atoms with Crippen molar-refractivity contribution in [1.82, 2.24) is 5.32 Å². The fourth-order valence-electron chi connectivity index (χ4n) is 2.62. The predicted octanol–water partition coefficient (Wildman–Crippen LogP) is 0.939.